The lowest BCUT2D eigenvalue weighted by Gasteiger charge is -2.44. The molecule has 2 nitrogen and oxygen atoms in total. The van der Waals surface area contributed by atoms with Crippen LogP contribution in [-0.2, 0) is 10.5 Å². The van der Waals surface area contributed by atoms with Gasteiger partial charge in [0, 0.05) is 18.3 Å². The predicted octanol–water partition coefficient (Wildman–Crippen LogP) is 4.10. The lowest BCUT2D eigenvalue weighted by molar-refractivity contribution is -0.134. The quantitative estimate of drug-likeness (QED) is 0.834. The number of piperidine rings is 1. The first kappa shape index (κ1) is 15.0. The van der Waals surface area contributed by atoms with E-state index in [0.717, 1.165) is 18.2 Å². The Balaban J connectivity index is 1.50. The third-order valence-corrected chi connectivity index (χ3v) is 5.89. The van der Waals surface area contributed by atoms with Crippen LogP contribution in [0, 0.1) is 5.92 Å². The highest BCUT2D eigenvalue weighted by atomic mass is 32.2. The second kappa shape index (κ2) is 7.35. The Labute approximate surface area is 132 Å². The largest absolute Gasteiger partial charge is 0.339 e. The van der Waals surface area contributed by atoms with Crippen molar-refractivity contribution >= 4 is 17.7 Å². The van der Waals surface area contributed by atoms with Gasteiger partial charge in [0.05, 0.1) is 5.75 Å². The summed E-state index contributed by atoms with van der Waals surface area (Å²) in [7, 11) is 0. The van der Waals surface area contributed by atoms with Crippen molar-refractivity contribution < 1.29 is 4.79 Å². The summed E-state index contributed by atoms with van der Waals surface area (Å²) in [5.74, 6) is 2.73. The fourth-order valence-electron chi connectivity index (χ4n) is 3.85. The molecule has 1 aromatic rings. The fraction of sp³-hybridized carbons (Fsp3) is 0.611. The summed E-state index contributed by atoms with van der Waals surface area (Å²) in [6.45, 7) is 0.992. The van der Waals surface area contributed by atoms with E-state index in [4.69, 9.17) is 0 Å². The molecule has 0 spiro atoms. The molecule has 3 rings (SSSR count). The average molecular weight is 303 g/mol. The number of likely N-dealkylation sites (tertiary alicyclic amines) is 1. The van der Waals surface area contributed by atoms with E-state index in [-0.39, 0.29) is 0 Å². The lowest BCUT2D eigenvalue weighted by Crippen LogP contribution is -2.50. The van der Waals surface area contributed by atoms with Crippen molar-refractivity contribution in [2.45, 2.75) is 50.3 Å². The van der Waals surface area contributed by atoms with E-state index in [1.807, 2.05) is 6.07 Å². The Morgan fingerprint density at radius 1 is 1.10 bits per heavy atom. The number of rotatable bonds is 4. The van der Waals surface area contributed by atoms with Gasteiger partial charge in [-0.15, -0.1) is 11.8 Å². The van der Waals surface area contributed by atoms with Gasteiger partial charge in [-0.1, -0.05) is 43.2 Å². The molecule has 1 saturated carbocycles. The van der Waals surface area contributed by atoms with Gasteiger partial charge in [0.2, 0.25) is 5.91 Å². The maximum absolute atomic E-state index is 12.5. The number of amides is 1. The van der Waals surface area contributed by atoms with Crippen LogP contribution in [0.3, 0.4) is 0 Å². The van der Waals surface area contributed by atoms with E-state index in [1.54, 1.807) is 11.8 Å². The maximum Gasteiger partial charge on any atom is 0.232 e. The lowest BCUT2D eigenvalue weighted by atomic mass is 9.78. The zero-order valence-electron chi connectivity index (χ0n) is 12.7. The number of carbonyl (C=O) groups is 1. The molecule has 1 saturated heterocycles. The Morgan fingerprint density at radius 2 is 1.86 bits per heavy atom. The zero-order chi connectivity index (χ0) is 14.5. The number of hydrogen-bond donors (Lipinski definition) is 0. The highest BCUT2D eigenvalue weighted by molar-refractivity contribution is 7.99. The van der Waals surface area contributed by atoms with Crippen LogP contribution in [0.15, 0.2) is 30.3 Å². The SMILES string of the molecule is O=C(CSCc1ccccc1)N1CCCC2CCCCC21. The molecule has 1 aromatic carbocycles. The van der Waals surface area contributed by atoms with Crippen LogP contribution in [0.4, 0.5) is 0 Å². The number of thioether (sulfide) groups is 1. The van der Waals surface area contributed by atoms with Crippen LogP contribution >= 0.6 is 11.8 Å². The maximum atomic E-state index is 12.5. The minimum absolute atomic E-state index is 0.368. The minimum Gasteiger partial charge on any atom is -0.339 e. The molecule has 0 bridgehead atoms. The number of fused-ring (bicyclic) bond motifs is 1. The van der Waals surface area contributed by atoms with Gasteiger partial charge in [0.25, 0.3) is 0 Å². The van der Waals surface area contributed by atoms with Crippen LogP contribution < -0.4 is 0 Å². The molecular formula is C18H25NOS. The number of nitrogens with zero attached hydrogens (tertiary/aromatic N) is 1. The van der Waals surface area contributed by atoms with Crippen molar-refractivity contribution in [2.75, 3.05) is 12.3 Å². The van der Waals surface area contributed by atoms with Crippen molar-refractivity contribution in [3.05, 3.63) is 35.9 Å². The van der Waals surface area contributed by atoms with Gasteiger partial charge in [0.15, 0.2) is 0 Å². The van der Waals surface area contributed by atoms with Crippen molar-refractivity contribution in [2.24, 2.45) is 5.92 Å². The van der Waals surface area contributed by atoms with Crippen molar-refractivity contribution in [3.63, 3.8) is 0 Å². The highest BCUT2D eigenvalue weighted by Crippen LogP contribution is 2.35. The highest BCUT2D eigenvalue weighted by Gasteiger charge is 2.35. The van der Waals surface area contributed by atoms with Gasteiger partial charge in [-0.3, -0.25) is 4.79 Å². The standard InChI is InChI=1S/C18H25NOS/c20-18(14-21-13-15-7-2-1-3-8-15)19-12-6-10-16-9-4-5-11-17(16)19/h1-3,7-8,16-17H,4-6,9-14H2. The topological polar surface area (TPSA) is 20.3 Å². The first-order valence-corrected chi connectivity index (χ1v) is 9.41. The number of hydrogen-bond acceptors (Lipinski definition) is 2. The monoisotopic (exact) mass is 303 g/mol. The summed E-state index contributed by atoms with van der Waals surface area (Å²) >= 11 is 1.76. The molecule has 2 atom stereocenters. The summed E-state index contributed by atoms with van der Waals surface area (Å²) < 4.78 is 0. The Kier molecular flexibility index (Phi) is 5.23. The molecule has 1 amide bonds. The fourth-order valence-corrected chi connectivity index (χ4v) is 4.72. The summed E-state index contributed by atoms with van der Waals surface area (Å²) in [4.78, 5) is 14.8. The molecule has 2 aliphatic rings. The summed E-state index contributed by atoms with van der Waals surface area (Å²) in [6, 6.07) is 11.0. The first-order chi connectivity index (χ1) is 10.3. The third kappa shape index (κ3) is 3.82. The van der Waals surface area contributed by atoms with Crippen LogP contribution in [0.2, 0.25) is 0 Å². The zero-order valence-corrected chi connectivity index (χ0v) is 13.5. The Hall–Kier alpha value is -0.960. The Morgan fingerprint density at radius 3 is 2.71 bits per heavy atom. The average Bonchev–Trinajstić information content (AvgIpc) is 2.55. The summed E-state index contributed by atoms with van der Waals surface area (Å²) in [6.07, 6.45) is 7.79. The van der Waals surface area contributed by atoms with Gasteiger partial charge < -0.3 is 4.90 Å². The molecule has 1 heterocycles. The molecule has 3 heteroatoms. The molecule has 0 aromatic heterocycles. The van der Waals surface area contributed by atoms with E-state index in [2.05, 4.69) is 29.2 Å². The van der Waals surface area contributed by atoms with Crippen LogP contribution in [-0.4, -0.2) is 29.1 Å². The normalized spacial score (nSPS) is 25.4. The van der Waals surface area contributed by atoms with Gasteiger partial charge in [-0.25, -0.2) is 0 Å². The van der Waals surface area contributed by atoms with Crippen molar-refractivity contribution in [1.82, 2.24) is 4.90 Å². The van der Waals surface area contributed by atoms with E-state index in [0.29, 0.717) is 17.7 Å². The minimum atomic E-state index is 0.368. The predicted molar refractivity (Wildman–Crippen MR) is 89.3 cm³/mol. The number of benzene rings is 1. The second-order valence-corrected chi connectivity index (χ2v) is 7.31. The van der Waals surface area contributed by atoms with E-state index >= 15 is 0 Å². The van der Waals surface area contributed by atoms with Crippen molar-refractivity contribution in [1.29, 1.82) is 0 Å². The van der Waals surface area contributed by atoms with Gasteiger partial charge in [0.1, 0.15) is 0 Å². The molecule has 0 radical (unpaired) electrons. The molecule has 114 valence electrons. The van der Waals surface area contributed by atoms with E-state index in [1.165, 1.54) is 44.1 Å². The molecule has 1 aliphatic heterocycles. The van der Waals surface area contributed by atoms with E-state index < -0.39 is 0 Å². The molecule has 2 fully saturated rings. The summed E-state index contributed by atoms with van der Waals surface area (Å²) in [5.41, 5.74) is 1.31. The van der Waals surface area contributed by atoms with Crippen molar-refractivity contribution in [3.8, 4) is 0 Å². The van der Waals surface area contributed by atoms with Crippen LogP contribution in [0.5, 0.6) is 0 Å². The first-order valence-electron chi connectivity index (χ1n) is 8.26. The van der Waals surface area contributed by atoms with Crippen LogP contribution in [0.1, 0.15) is 44.1 Å². The van der Waals surface area contributed by atoms with Gasteiger partial charge >= 0.3 is 0 Å². The smallest absolute Gasteiger partial charge is 0.232 e. The van der Waals surface area contributed by atoms with Gasteiger partial charge in [-0.05, 0) is 37.2 Å². The van der Waals surface area contributed by atoms with E-state index in [9.17, 15) is 4.79 Å². The second-order valence-electron chi connectivity index (χ2n) is 6.32. The summed E-state index contributed by atoms with van der Waals surface area (Å²) in [5, 5.41) is 0. The number of carbonyl (C=O) groups excluding carboxylic acids is 1. The molecule has 2 unspecified atom stereocenters. The Bertz CT molecular complexity index is 460. The molecular weight excluding hydrogens is 278 g/mol. The third-order valence-electron chi connectivity index (χ3n) is 4.90. The molecule has 0 N–H and O–H groups in total. The van der Waals surface area contributed by atoms with Crippen LogP contribution in [0.25, 0.3) is 0 Å². The van der Waals surface area contributed by atoms with Gasteiger partial charge in [-0.2, -0.15) is 0 Å². The molecule has 1 aliphatic carbocycles. The molecule has 21 heavy (non-hydrogen) atoms.